The minimum atomic E-state index is -3.55. The molecule has 0 aromatic heterocycles. The number of nitrogens with one attached hydrogen (secondary N) is 1. The van der Waals surface area contributed by atoms with Gasteiger partial charge in [-0.25, -0.2) is 13.1 Å². The zero-order valence-electron chi connectivity index (χ0n) is 10.3. The van der Waals surface area contributed by atoms with Gasteiger partial charge in [-0.2, -0.15) is 0 Å². The predicted molar refractivity (Wildman–Crippen MR) is 71.1 cm³/mol. The number of carbonyl (C=O) groups excluding carboxylic acids is 1. The van der Waals surface area contributed by atoms with E-state index >= 15 is 0 Å². The summed E-state index contributed by atoms with van der Waals surface area (Å²) in [7, 11) is -3.55. The van der Waals surface area contributed by atoms with Gasteiger partial charge in [-0.15, -0.1) is 6.58 Å². The standard InChI is InChI=1S/C13H17NO3S/c1-3-5-9-14-18(16,17)12-8-6-7-11(10-12)13(15)4-2/h3,6-8,10,14H,1,4-5,9H2,2H3. The second kappa shape index (κ2) is 6.47. The number of ketones is 1. The van der Waals surface area contributed by atoms with E-state index in [1.54, 1.807) is 25.1 Å². The van der Waals surface area contributed by atoms with Crippen LogP contribution in [0.2, 0.25) is 0 Å². The largest absolute Gasteiger partial charge is 0.294 e. The van der Waals surface area contributed by atoms with E-state index in [1.165, 1.54) is 12.1 Å². The van der Waals surface area contributed by atoms with Crippen LogP contribution in [-0.2, 0) is 10.0 Å². The van der Waals surface area contributed by atoms with Crippen LogP contribution in [0.4, 0.5) is 0 Å². The number of hydrogen-bond donors (Lipinski definition) is 1. The third-order valence-electron chi connectivity index (χ3n) is 2.43. The first-order valence-corrected chi connectivity index (χ1v) is 7.23. The molecular formula is C13H17NO3S. The molecule has 0 atom stereocenters. The summed E-state index contributed by atoms with van der Waals surface area (Å²) in [6.07, 6.45) is 2.56. The van der Waals surface area contributed by atoms with E-state index in [-0.39, 0.29) is 10.7 Å². The predicted octanol–water partition coefficient (Wildman–Crippen LogP) is 2.13. The normalized spacial score (nSPS) is 11.2. The number of Topliss-reactive ketones (excluding diaryl/α,β-unsaturated/α-hetero) is 1. The summed E-state index contributed by atoms with van der Waals surface area (Å²) < 4.78 is 26.3. The topological polar surface area (TPSA) is 63.2 Å². The van der Waals surface area contributed by atoms with E-state index in [2.05, 4.69) is 11.3 Å². The van der Waals surface area contributed by atoms with Crippen molar-refractivity contribution >= 4 is 15.8 Å². The summed E-state index contributed by atoms with van der Waals surface area (Å²) in [5.74, 6) is -0.0712. The van der Waals surface area contributed by atoms with Crippen LogP contribution in [-0.4, -0.2) is 20.7 Å². The Hall–Kier alpha value is -1.46. The number of carbonyl (C=O) groups is 1. The maximum atomic E-state index is 11.9. The molecule has 0 unspecified atom stereocenters. The first-order valence-electron chi connectivity index (χ1n) is 5.75. The average Bonchev–Trinajstić information content (AvgIpc) is 2.38. The number of hydrogen-bond acceptors (Lipinski definition) is 3. The summed E-state index contributed by atoms with van der Waals surface area (Å²) in [6, 6.07) is 6.07. The molecule has 0 spiro atoms. The monoisotopic (exact) mass is 267 g/mol. The molecule has 0 radical (unpaired) electrons. The van der Waals surface area contributed by atoms with Crippen molar-refractivity contribution in [1.29, 1.82) is 0 Å². The molecule has 0 heterocycles. The van der Waals surface area contributed by atoms with Crippen LogP contribution in [0.1, 0.15) is 30.1 Å². The maximum absolute atomic E-state index is 11.9. The molecule has 1 rings (SSSR count). The lowest BCUT2D eigenvalue weighted by Gasteiger charge is -2.06. The second-order valence-corrected chi connectivity index (χ2v) is 5.55. The Balaban J connectivity index is 2.95. The van der Waals surface area contributed by atoms with Gasteiger partial charge >= 0.3 is 0 Å². The van der Waals surface area contributed by atoms with Crippen LogP contribution in [0.25, 0.3) is 0 Å². The fraction of sp³-hybridized carbons (Fsp3) is 0.308. The molecule has 0 aliphatic carbocycles. The summed E-state index contributed by atoms with van der Waals surface area (Å²) in [6.45, 7) is 5.57. The molecule has 0 aliphatic heterocycles. The van der Waals surface area contributed by atoms with Crippen molar-refractivity contribution in [3.63, 3.8) is 0 Å². The summed E-state index contributed by atoms with van der Waals surface area (Å²) >= 11 is 0. The van der Waals surface area contributed by atoms with Gasteiger partial charge in [-0.1, -0.05) is 25.1 Å². The average molecular weight is 267 g/mol. The SMILES string of the molecule is C=CCCNS(=O)(=O)c1cccc(C(=O)CC)c1. The van der Waals surface area contributed by atoms with Gasteiger partial charge in [-0.05, 0) is 18.6 Å². The summed E-state index contributed by atoms with van der Waals surface area (Å²) in [5.41, 5.74) is 0.420. The van der Waals surface area contributed by atoms with Gasteiger partial charge in [0.2, 0.25) is 10.0 Å². The molecule has 98 valence electrons. The van der Waals surface area contributed by atoms with Crippen LogP contribution in [0.3, 0.4) is 0 Å². The molecular weight excluding hydrogens is 250 g/mol. The maximum Gasteiger partial charge on any atom is 0.240 e. The van der Waals surface area contributed by atoms with Crippen LogP contribution < -0.4 is 4.72 Å². The minimum absolute atomic E-state index is 0.0712. The number of benzene rings is 1. The highest BCUT2D eigenvalue weighted by atomic mass is 32.2. The van der Waals surface area contributed by atoms with Crippen molar-refractivity contribution in [2.45, 2.75) is 24.7 Å². The van der Waals surface area contributed by atoms with Crippen molar-refractivity contribution in [3.8, 4) is 0 Å². The Kier molecular flexibility index (Phi) is 5.25. The number of sulfonamides is 1. The van der Waals surface area contributed by atoms with Crippen LogP contribution in [0.5, 0.6) is 0 Å². The Morgan fingerprint density at radius 2 is 2.17 bits per heavy atom. The van der Waals surface area contributed by atoms with Crippen molar-refractivity contribution in [3.05, 3.63) is 42.5 Å². The van der Waals surface area contributed by atoms with Crippen LogP contribution in [0.15, 0.2) is 41.8 Å². The smallest absolute Gasteiger partial charge is 0.240 e. The Morgan fingerprint density at radius 1 is 1.44 bits per heavy atom. The van der Waals surface area contributed by atoms with Gasteiger partial charge in [-0.3, -0.25) is 4.79 Å². The second-order valence-electron chi connectivity index (χ2n) is 3.78. The highest BCUT2D eigenvalue weighted by molar-refractivity contribution is 7.89. The van der Waals surface area contributed by atoms with E-state index in [0.29, 0.717) is 24.9 Å². The zero-order valence-corrected chi connectivity index (χ0v) is 11.2. The van der Waals surface area contributed by atoms with Crippen LogP contribution in [0, 0.1) is 0 Å². The van der Waals surface area contributed by atoms with Gasteiger partial charge in [0.25, 0.3) is 0 Å². The van der Waals surface area contributed by atoms with Crippen molar-refractivity contribution < 1.29 is 13.2 Å². The molecule has 1 aromatic rings. The Labute approximate surface area is 108 Å². The quantitative estimate of drug-likeness (QED) is 0.467. The van der Waals surface area contributed by atoms with E-state index in [9.17, 15) is 13.2 Å². The van der Waals surface area contributed by atoms with Gasteiger partial charge in [0.1, 0.15) is 0 Å². The van der Waals surface area contributed by atoms with Crippen molar-refractivity contribution in [2.75, 3.05) is 6.54 Å². The van der Waals surface area contributed by atoms with Gasteiger partial charge in [0.05, 0.1) is 4.90 Å². The van der Waals surface area contributed by atoms with Crippen molar-refractivity contribution in [2.24, 2.45) is 0 Å². The molecule has 1 N–H and O–H groups in total. The van der Waals surface area contributed by atoms with E-state index in [0.717, 1.165) is 0 Å². The highest BCUT2D eigenvalue weighted by Gasteiger charge is 2.14. The molecule has 0 fully saturated rings. The van der Waals surface area contributed by atoms with Gasteiger partial charge in [0, 0.05) is 18.5 Å². The molecule has 0 aliphatic rings. The van der Waals surface area contributed by atoms with E-state index in [4.69, 9.17) is 0 Å². The summed E-state index contributed by atoms with van der Waals surface area (Å²) in [5, 5.41) is 0. The lowest BCUT2D eigenvalue weighted by atomic mass is 10.1. The van der Waals surface area contributed by atoms with Gasteiger partial charge in [0.15, 0.2) is 5.78 Å². The molecule has 1 aromatic carbocycles. The molecule has 0 saturated heterocycles. The highest BCUT2D eigenvalue weighted by Crippen LogP contribution is 2.12. The van der Waals surface area contributed by atoms with Gasteiger partial charge < -0.3 is 0 Å². The fourth-order valence-electron chi connectivity index (χ4n) is 1.42. The molecule has 0 saturated carbocycles. The fourth-order valence-corrected chi connectivity index (χ4v) is 2.51. The molecule has 0 amide bonds. The Morgan fingerprint density at radius 3 is 2.78 bits per heavy atom. The third-order valence-corrected chi connectivity index (χ3v) is 3.89. The minimum Gasteiger partial charge on any atom is -0.294 e. The molecule has 18 heavy (non-hydrogen) atoms. The van der Waals surface area contributed by atoms with Crippen LogP contribution >= 0.6 is 0 Å². The Bertz CT molecular complexity index is 535. The molecule has 0 bridgehead atoms. The number of rotatable bonds is 7. The molecule has 4 nitrogen and oxygen atoms in total. The lowest BCUT2D eigenvalue weighted by Crippen LogP contribution is -2.24. The van der Waals surface area contributed by atoms with E-state index < -0.39 is 10.0 Å². The van der Waals surface area contributed by atoms with Crippen molar-refractivity contribution in [1.82, 2.24) is 4.72 Å². The van der Waals surface area contributed by atoms with E-state index in [1.807, 2.05) is 0 Å². The summed E-state index contributed by atoms with van der Waals surface area (Å²) in [4.78, 5) is 11.6. The first kappa shape index (κ1) is 14.6. The third kappa shape index (κ3) is 3.78. The lowest BCUT2D eigenvalue weighted by molar-refractivity contribution is 0.0988. The first-order chi connectivity index (χ1) is 8.51. The molecule has 5 heteroatoms. The zero-order chi connectivity index (χ0) is 13.6.